The maximum absolute atomic E-state index is 10.2. The van der Waals surface area contributed by atoms with Gasteiger partial charge < -0.3 is 25.6 Å². The molecule has 0 aliphatic carbocycles. The number of fused-ring (bicyclic) bond motifs is 1. The molecule has 21 heavy (non-hydrogen) atoms. The number of nitrogens with two attached hydrogens (primary N) is 1. The molecule has 0 spiro atoms. The zero-order chi connectivity index (χ0) is 15.1. The minimum absolute atomic E-state index is 0.251. The van der Waals surface area contributed by atoms with Gasteiger partial charge in [-0.1, -0.05) is 0 Å². The Kier molecular flexibility index (Phi) is 3.49. The summed E-state index contributed by atoms with van der Waals surface area (Å²) in [5.74, 6) is 0.675. The molecule has 1 aliphatic rings. The van der Waals surface area contributed by atoms with E-state index in [1.165, 1.54) is 12.7 Å². The number of rotatable bonds is 3. The normalized spacial score (nSPS) is 29.2. The van der Waals surface area contributed by atoms with Crippen LogP contribution in [0.15, 0.2) is 12.7 Å². The Bertz CT molecular complexity index is 645. The Hall–Kier alpha value is -1.81. The summed E-state index contributed by atoms with van der Waals surface area (Å²) in [6.45, 7) is -0.251. The van der Waals surface area contributed by atoms with Crippen LogP contribution in [0.4, 0.5) is 5.82 Å². The van der Waals surface area contributed by atoms with Crippen LogP contribution in [0.3, 0.4) is 0 Å². The van der Waals surface area contributed by atoms with Crippen molar-refractivity contribution in [3.05, 3.63) is 12.7 Å². The smallest absolute Gasteiger partial charge is 0.167 e. The van der Waals surface area contributed by atoms with Crippen molar-refractivity contribution in [2.75, 3.05) is 25.6 Å². The van der Waals surface area contributed by atoms with E-state index in [1.54, 1.807) is 4.57 Å². The average Bonchev–Trinajstić information content (AvgIpc) is 3.01. The number of aromatic nitrogens is 4. The second-order valence-electron chi connectivity index (χ2n) is 5.23. The van der Waals surface area contributed by atoms with Crippen LogP contribution in [0.25, 0.3) is 11.2 Å². The highest BCUT2D eigenvalue weighted by atomic mass is 16.5. The molecule has 0 saturated carbocycles. The first-order valence-electron chi connectivity index (χ1n) is 6.59. The van der Waals surface area contributed by atoms with E-state index in [9.17, 15) is 10.2 Å². The quantitative estimate of drug-likeness (QED) is 0.623. The molecule has 0 amide bonds. The average molecular weight is 294 g/mol. The van der Waals surface area contributed by atoms with Gasteiger partial charge >= 0.3 is 0 Å². The van der Waals surface area contributed by atoms with Gasteiger partial charge in [-0.3, -0.25) is 4.57 Å². The molecule has 9 nitrogen and oxygen atoms in total. The summed E-state index contributed by atoms with van der Waals surface area (Å²) in [7, 11) is 3.72. The SMILES string of the molecule is CN(C)c1ncnc2c1ncn2[C@@H]1O[C@@H](CO)[C@@H](N)[C@H]1O. The first-order valence-corrected chi connectivity index (χ1v) is 6.59. The van der Waals surface area contributed by atoms with Gasteiger partial charge in [0.05, 0.1) is 19.0 Å². The third-order valence-electron chi connectivity index (χ3n) is 3.65. The fourth-order valence-corrected chi connectivity index (χ4v) is 2.51. The van der Waals surface area contributed by atoms with Crippen LogP contribution in [0, 0.1) is 0 Å². The maximum atomic E-state index is 10.2. The Labute approximate surface area is 121 Å². The molecule has 2 aromatic heterocycles. The van der Waals surface area contributed by atoms with Gasteiger partial charge in [0, 0.05) is 14.1 Å². The number of nitrogens with zero attached hydrogens (tertiary/aromatic N) is 5. The molecule has 2 aromatic rings. The zero-order valence-electron chi connectivity index (χ0n) is 11.8. The molecule has 114 valence electrons. The lowest BCUT2D eigenvalue weighted by Gasteiger charge is -2.17. The van der Waals surface area contributed by atoms with Crippen LogP contribution in [0.2, 0.25) is 0 Å². The molecular formula is C12H18N6O3. The van der Waals surface area contributed by atoms with Gasteiger partial charge in [-0.05, 0) is 0 Å². The predicted octanol–water partition coefficient (Wildman–Crippen LogP) is -1.53. The van der Waals surface area contributed by atoms with Gasteiger partial charge in [0.15, 0.2) is 23.2 Å². The summed E-state index contributed by atoms with van der Waals surface area (Å²) in [5.41, 5.74) is 7.00. The molecule has 1 aliphatic heterocycles. The number of anilines is 1. The minimum atomic E-state index is -0.947. The fourth-order valence-electron chi connectivity index (χ4n) is 2.51. The van der Waals surface area contributed by atoms with Crippen LogP contribution in [0.1, 0.15) is 6.23 Å². The number of ether oxygens (including phenoxy) is 1. The summed E-state index contributed by atoms with van der Waals surface area (Å²) in [6.07, 6.45) is 0.676. The van der Waals surface area contributed by atoms with Gasteiger partial charge in [-0.2, -0.15) is 0 Å². The molecule has 1 fully saturated rings. The number of hydrogen-bond acceptors (Lipinski definition) is 8. The van der Waals surface area contributed by atoms with Gasteiger partial charge in [0.25, 0.3) is 0 Å². The third kappa shape index (κ3) is 2.14. The highest BCUT2D eigenvalue weighted by molar-refractivity contribution is 5.83. The highest BCUT2D eigenvalue weighted by Gasteiger charge is 2.42. The van der Waals surface area contributed by atoms with E-state index in [-0.39, 0.29) is 6.61 Å². The summed E-state index contributed by atoms with van der Waals surface area (Å²) >= 11 is 0. The Balaban J connectivity index is 2.04. The molecule has 4 N–H and O–H groups in total. The van der Waals surface area contributed by atoms with Crippen LogP contribution in [0.5, 0.6) is 0 Å². The molecule has 1 saturated heterocycles. The summed E-state index contributed by atoms with van der Waals surface area (Å²) < 4.78 is 7.23. The fraction of sp³-hybridized carbons (Fsp3) is 0.583. The highest BCUT2D eigenvalue weighted by Crippen LogP contribution is 2.31. The molecule has 3 rings (SSSR count). The first-order chi connectivity index (χ1) is 10.0. The minimum Gasteiger partial charge on any atom is -0.394 e. The van der Waals surface area contributed by atoms with Crippen LogP contribution in [-0.4, -0.2) is 68.7 Å². The van der Waals surface area contributed by atoms with Gasteiger partial charge in [0.2, 0.25) is 0 Å². The molecule has 4 atom stereocenters. The lowest BCUT2D eigenvalue weighted by Crippen LogP contribution is -2.41. The predicted molar refractivity (Wildman–Crippen MR) is 74.6 cm³/mol. The van der Waals surface area contributed by atoms with Crippen molar-refractivity contribution in [3.63, 3.8) is 0 Å². The van der Waals surface area contributed by atoms with Crippen molar-refractivity contribution in [3.8, 4) is 0 Å². The van der Waals surface area contributed by atoms with Crippen molar-refractivity contribution in [1.82, 2.24) is 19.5 Å². The third-order valence-corrected chi connectivity index (χ3v) is 3.65. The maximum Gasteiger partial charge on any atom is 0.167 e. The van der Waals surface area contributed by atoms with Crippen molar-refractivity contribution in [2.24, 2.45) is 5.73 Å². The first kappa shape index (κ1) is 14.1. The Morgan fingerprint density at radius 1 is 1.38 bits per heavy atom. The molecular weight excluding hydrogens is 276 g/mol. The number of imidazole rings is 1. The molecule has 3 heterocycles. The van der Waals surface area contributed by atoms with Crippen LogP contribution >= 0.6 is 0 Å². The molecule has 0 unspecified atom stereocenters. The largest absolute Gasteiger partial charge is 0.394 e. The molecule has 0 radical (unpaired) electrons. The van der Waals surface area contributed by atoms with Gasteiger partial charge in [0.1, 0.15) is 18.5 Å². The lowest BCUT2D eigenvalue weighted by molar-refractivity contribution is -0.0488. The van der Waals surface area contributed by atoms with Crippen molar-refractivity contribution in [2.45, 2.75) is 24.5 Å². The van der Waals surface area contributed by atoms with Crippen molar-refractivity contribution >= 4 is 17.0 Å². The summed E-state index contributed by atoms with van der Waals surface area (Å²) in [4.78, 5) is 14.5. The van der Waals surface area contributed by atoms with E-state index in [0.717, 1.165) is 0 Å². The number of hydrogen-bond donors (Lipinski definition) is 3. The van der Waals surface area contributed by atoms with E-state index in [1.807, 2.05) is 19.0 Å². The Morgan fingerprint density at radius 2 is 2.14 bits per heavy atom. The van der Waals surface area contributed by atoms with Gasteiger partial charge in [-0.15, -0.1) is 0 Å². The van der Waals surface area contributed by atoms with E-state index >= 15 is 0 Å². The second kappa shape index (κ2) is 5.19. The van der Waals surface area contributed by atoms with E-state index < -0.39 is 24.5 Å². The standard InChI is InChI=1S/C12H18N6O3/c1-17(2)10-8-11(15-4-14-10)18(5-16-8)12-9(20)7(13)6(3-19)21-12/h4-7,9,12,19-20H,3,13H2,1-2H3/t6-,7+,9+,12+/m0/s1. The second-order valence-corrected chi connectivity index (χ2v) is 5.23. The molecule has 9 heteroatoms. The van der Waals surface area contributed by atoms with E-state index in [2.05, 4.69) is 15.0 Å². The van der Waals surface area contributed by atoms with Crippen molar-refractivity contribution in [1.29, 1.82) is 0 Å². The zero-order valence-corrected chi connectivity index (χ0v) is 11.8. The molecule has 0 bridgehead atoms. The summed E-state index contributed by atoms with van der Waals surface area (Å²) in [6, 6.07) is -0.660. The summed E-state index contributed by atoms with van der Waals surface area (Å²) in [5, 5.41) is 19.4. The van der Waals surface area contributed by atoms with Crippen LogP contribution in [-0.2, 0) is 4.74 Å². The topological polar surface area (TPSA) is 123 Å². The van der Waals surface area contributed by atoms with Crippen molar-refractivity contribution < 1.29 is 14.9 Å². The van der Waals surface area contributed by atoms with Gasteiger partial charge in [-0.25, -0.2) is 15.0 Å². The van der Waals surface area contributed by atoms with E-state index in [0.29, 0.717) is 17.0 Å². The Morgan fingerprint density at radius 3 is 2.76 bits per heavy atom. The monoisotopic (exact) mass is 294 g/mol. The van der Waals surface area contributed by atoms with E-state index in [4.69, 9.17) is 10.5 Å². The number of aliphatic hydroxyl groups excluding tert-OH is 2. The lowest BCUT2D eigenvalue weighted by atomic mass is 10.1. The van der Waals surface area contributed by atoms with Crippen LogP contribution < -0.4 is 10.6 Å². The number of aliphatic hydroxyl groups is 2. The molecule has 0 aromatic carbocycles.